The molecule has 0 aromatic heterocycles. The number of aliphatic imine (C=N–C) groups is 1. The molecular weight excluding hydrogens is 381 g/mol. The standard InChI is InChI=1S/C15H23N3O2.HI/c1-11(2)8-17-15(16-3)18-9-12-10-19-13-6-4-5-7-14(13)20-12;/h4-7,11-12H,8-10H2,1-3H3,(H2,16,17,18);1H. The number of guanidine groups is 1. The number of fused-ring (bicyclic) bond motifs is 1. The second-order valence-corrected chi connectivity index (χ2v) is 5.23. The first-order valence-electron chi connectivity index (χ1n) is 7.02. The lowest BCUT2D eigenvalue weighted by Gasteiger charge is -2.27. The topological polar surface area (TPSA) is 54.9 Å². The molecule has 1 aliphatic rings. The maximum Gasteiger partial charge on any atom is 0.191 e. The molecular formula is C15H24IN3O2. The normalized spacial score (nSPS) is 17.1. The lowest BCUT2D eigenvalue weighted by atomic mass is 10.2. The monoisotopic (exact) mass is 405 g/mol. The van der Waals surface area contributed by atoms with Gasteiger partial charge in [-0.3, -0.25) is 4.99 Å². The maximum absolute atomic E-state index is 5.88. The van der Waals surface area contributed by atoms with Crippen molar-refractivity contribution >= 4 is 29.9 Å². The number of benzene rings is 1. The summed E-state index contributed by atoms with van der Waals surface area (Å²) in [4.78, 5) is 4.19. The third-order valence-corrected chi connectivity index (χ3v) is 2.97. The Balaban J connectivity index is 0.00000220. The van der Waals surface area contributed by atoms with Crippen molar-refractivity contribution in [3.63, 3.8) is 0 Å². The summed E-state index contributed by atoms with van der Waals surface area (Å²) in [5.41, 5.74) is 0. The average Bonchev–Trinajstić information content (AvgIpc) is 2.47. The molecule has 0 fully saturated rings. The van der Waals surface area contributed by atoms with Crippen LogP contribution < -0.4 is 20.1 Å². The highest BCUT2D eigenvalue weighted by Crippen LogP contribution is 2.30. The molecule has 0 spiro atoms. The highest BCUT2D eigenvalue weighted by atomic mass is 127. The van der Waals surface area contributed by atoms with E-state index in [1.807, 2.05) is 24.3 Å². The van der Waals surface area contributed by atoms with E-state index in [1.54, 1.807) is 7.05 Å². The van der Waals surface area contributed by atoms with E-state index >= 15 is 0 Å². The third-order valence-electron chi connectivity index (χ3n) is 2.97. The van der Waals surface area contributed by atoms with Gasteiger partial charge in [0, 0.05) is 13.6 Å². The van der Waals surface area contributed by atoms with Crippen molar-refractivity contribution in [1.29, 1.82) is 0 Å². The lowest BCUT2D eigenvalue weighted by Crippen LogP contribution is -2.46. The minimum atomic E-state index is -0.0116. The predicted octanol–water partition coefficient (Wildman–Crippen LogP) is 2.27. The van der Waals surface area contributed by atoms with Gasteiger partial charge in [0.15, 0.2) is 17.5 Å². The van der Waals surface area contributed by atoms with Crippen LogP contribution in [0.1, 0.15) is 13.8 Å². The predicted molar refractivity (Wildman–Crippen MR) is 96.0 cm³/mol. The van der Waals surface area contributed by atoms with Crippen LogP contribution in [-0.4, -0.2) is 38.8 Å². The fourth-order valence-corrected chi connectivity index (χ4v) is 1.90. The van der Waals surface area contributed by atoms with Crippen molar-refractivity contribution in [2.45, 2.75) is 20.0 Å². The van der Waals surface area contributed by atoms with Crippen molar-refractivity contribution < 1.29 is 9.47 Å². The fraction of sp³-hybridized carbons (Fsp3) is 0.533. The molecule has 1 aromatic carbocycles. The largest absolute Gasteiger partial charge is 0.486 e. The quantitative estimate of drug-likeness (QED) is 0.459. The van der Waals surface area contributed by atoms with Gasteiger partial charge >= 0.3 is 0 Å². The van der Waals surface area contributed by atoms with Crippen LogP contribution in [0.3, 0.4) is 0 Å². The van der Waals surface area contributed by atoms with Gasteiger partial charge in [0.05, 0.1) is 6.54 Å². The highest BCUT2D eigenvalue weighted by Gasteiger charge is 2.20. The van der Waals surface area contributed by atoms with E-state index in [1.165, 1.54) is 0 Å². The van der Waals surface area contributed by atoms with Crippen LogP contribution in [-0.2, 0) is 0 Å². The van der Waals surface area contributed by atoms with Crippen molar-refractivity contribution in [3.8, 4) is 11.5 Å². The Hall–Kier alpha value is -1.18. The van der Waals surface area contributed by atoms with E-state index in [0.717, 1.165) is 24.0 Å². The van der Waals surface area contributed by atoms with Gasteiger partial charge in [0.2, 0.25) is 0 Å². The van der Waals surface area contributed by atoms with Crippen molar-refractivity contribution in [2.75, 3.05) is 26.7 Å². The molecule has 1 aliphatic heterocycles. The summed E-state index contributed by atoms with van der Waals surface area (Å²) in [6, 6.07) is 7.73. The summed E-state index contributed by atoms with van der Waals surface area (Å²) < 4.78 is 11.6. The second kappa shape index (κ2) is 8.96. The minimum absolute atomic E-state index is 0. The molecule has 118 valence electrons. The first-order valence-corrected chi connectivity index (χ1v) is 7.02. The molecule has 0 aliphatic carbocycles. The van der Waals surface area contributed by atoms with Crippen LogP contribution in [0.25, 0.3) is 0 Å². The molecule has 2 rings (SSSR count). The number of ether oxygens (including phenoxy) is 2. The highest BCUT2D eigenvalue weighted by molar-refractivity contribution is 14.0. The molecule has 0 amide bonds. The zero-order valence-electron chi connectivity index (χ0n) is 12.8. The van der Waals surface area contributed by atoms with Gasteiger partial charge in [-0.05, 0) is 18.1 Å². The molecule has 0 saturated heterocycles. The molecule has 1 atom stereocenters. The Morgan fingerprint density at radius 2 is 2.00 bits per heavy atom. The number of nitrogens with zero attached hydrogens (tertiary/aromatic N) is 1. The summed E-state index contributed by atoms with van der Waals surface area (Å²) in [6.45, 7) is 6.42. The Bertz CT molecular complexity index is 466. The third kappa shape index (κ3) is 5.61. The molecule has 1 aromatic rings. The van der Waals surface area contributed by atoms with Crippen molar-refractivity contribution in [1.82, 2.24) is 10.6 Å². The van der Waals surface area contributed by atoms with Gasteiger partial charge in [0.1, 0.15) is 12.7 Å². The van der Waals surface area contributed by atoms with Crippen LogP contribution in [0.4, 0.5) is 0 Å². The van der Waals surface area contributed by atoms with Gasteiger partial charge in [-0.2, -0.15) is 0 Å². The molecule has 1 heterocycles. The molecule has 6 heteroatoms. The number of hydrogen-bond donors (Lipinski definition) is 2. The molecule has 2 N–H and O–H groups in total. The molecule has 0 radical (unpaired) electrons. The Morgan fingerprint density at radius 1 is 1.29 bits per heavy atom. The summed E-state index contributed by atoms with van der Waals surface area (Å²) in [5.74, 6) is 2.98. The zero-order chi connectivity index (χ0) is 14.4. The Kier molecular flexibility index (Phi) is 7.63. The van der Waals surface area contributed by atoms with Crippen LogP contribution in [0.5, 0.6) is 11.5 Å². The lowest BCUT2D eigenvalue weighted by molar-refractivity contribution is 0.0936. The fourth-order valence-electron chi connectivity index (χ4n) is 1.90. The van der Waals surface area contributed by atoms with Gasteiger partial charge in [0.25, 0.3) is 0 Å². The summed E-state index contributed by atoms with van der Waals surface area (Å²) in [5, 5.41) is 6.53. The van der Waals surface area contributed by atoms with Crippen molar-refractivity contribution in [3.05, 3.63) is 24.3 Å². The van der Waals surface area contributed by atoms with Crippen LogP contribution >= 0.6 is 24.0 Å². The van der Waals surface area contributed by atoms with Crippen LogP contribution in [0, 0.1) is 5.92 Å². The maximum atomic E-state index is 5.88. The summed E-state index contributed by atoms with van der Waals surface area (Å²) in [7, 11) is 1.77. The number of rotatable bonds is 4. The first-order chi connectivity index (χ1) is 9.69. The van der Waals surface area contributed by atoms with Gasteiger partial charge < -0.3 is 20.1 Å². The van der Waals surface area contributed by atoms with E-state index in [-0.39, 0.29) is 30.1 Å². The second-order valence-electron chi connectivity index (χ2n) is 5.23. The Morgan fingerprint density at radius 3 is 2.67 bits per heavy atom. The molecule has 0 saturated carbocycles. The van der Waals surface area contributed by atoms with Gasteiger partial charge in [-0.25, -0.2) is 0 Å². The number of halogens is 1. The SMILES string of the molecule is CN=C(NCC(C)C)NCC1COc2ccccc2O1.I. The summed E-state index contributed by atoms with van der Waals surface area (Å²) in [6.07, 6.45) is -0.0116. The van der Waals surface area contributed by atoms with Crippen LogP contribution in [0.2, 0.25) is 0 Å². The smallest absolute Gasteiger partial charge is 0.191 e. The van der Waals surface area contributed by atoms with Gasteiger partial charge in [-0.15, -0.1) is 24.0 Å². The van der Waals surface area contributed by atoms with Gasteiger partial charge in [-0.1, -0.05) is 26.0 Å². The number of hydrogen-bond acceptors (Lipinski definition) is 3. The summed E-state index contributed by atoms with van der Waals surface area (Å²) >= 11 is 0. The van der Waals surface area contributed by atoms with E-state index in [9.17, 15) is 0 Å². The molecule has 1 unspecified atom stereocenters. The van der Waals surface area contributed by atoms with E-state index in [0.29, 0.717) is 19.1 Å². The average molecular weight is 405 g/mol. The van der Waals surface area contributed by atoms with E-state index in [4.69, 9.17) is 9.47 Å². The van der Waals surface area contributed by atoms with Crippen molar-refractivity contribution in [2.24, 2.45) is 10.9 Å². The Labute approximate surface area is 143 Å². The number of nitrogens with one attached hydrogen (secondary N) is 2. The molecule has 5 nitrogen and oxygen atoms in total. The van der Waals surface area contributed by atoms with E-state index in [2.05, 4.69) is 29.5 Å². The van der Waals surface area contributed by atoms with E-state index < -0.39 is 0 Å². The molecule has 0 bridgehead atoms. The zero-order valence-corrected chi connectivity index (χ0v) is 15.1. The molecule has 21 heavy (non-hydrogen) atoms. The first kappa shape index (κ1) is 17.9. The minimum Gasteiger partial charge on any atom is -0.486 e. The number of para-hydroxylation sites is 2. The van der Waals surface area contributed by atoms with Crippen LogP contribution in [0.15, 0.2) is 29.3 Å².